The molecule has 3 aromatic heterocycles. The summed E-state index contributed by atoms with van der Waals surface area (Å²) in [7, 11) is 0. The molecule has 10 heteroatoms. The van der Waals surface area contributed by atoms with Crippen molar-refractivity contribution >= 4 is 11.2 Å². The number of benzene rings is 3. The molecular weight excluding hydrogens is 492 g/mol. The summed E-state index contributed by atoms with van der Waals surface area (Å²) in [6.07, 6.45) is 4.18. The zero-order chi connectivity index (χ0) is 26.8. The highest BCUT2D eigenvalue weighted by molar-refractivity contribution is 5.74. The molecule has 0 aliphatic heterocycles. The second-order valence-corrected chi connectivity index (χ2v) is 9.29. The monoisotopic (exact) mass is 518 g/mol. The fourth-order valence-corrected chi connectivity index (χ4v) is 4.85. The van der Waals surface area contributed by atoms with Crippen LogP contribution in [0.4, 0.5) is 0 Å². The van der Waals surface area contributed by atoms with E-state index in [1.807, 2.05) is 83.4 Å². The standard InChI is InChI=1S/C29H26N8O2/c1-2-3-13-25-31-27-26(28(38)32-29(39)37(27)22-9-5-4-6-10-22)35(25)18-20-14-16-21(17-15-20)23-11-7-8-12-24(23)36-19-30-33-34-36/h4-12,14-17,19H,2-3,13,18H2,1H3,(H,32,38,39). The van der Waals surface area contributed by atoms with Crippen LogP contribution in [0.1, 0.15) is 31.2 Å². The van der Waals surface area contributed by atoms with Crippen molar-refractivity contribution in [2.75, 3.05) is 0 Å². The minimum Gasteiger partial charge on any atom is -0.318 e. The molecule has 0 bridgehead atoms. The smallest absolute Gasteiger partial charge is 0.318 e. The largest absolute Gasteiger partial charge is 0.334 e. The van der Waals surface area contributed by atoms with E-state index in [0.29, 0.717) is 29.8 Å². The number of tetrazole rings is 1. The first-order valence-electron chi connectivity index (χ1n) is 12.9. The highest BCUT2D eigenvalue weighted by atomic mass is 16.2. The van der Waals surface area contributed by atoms with E-state index >= 15 is 0 Å². The first-order chi connectivity index (χ1) is 19.1. The number of rotatable bonds is 8. The van der Waals surface area contributed by atoms with Gasteiger partial charge in [-0.1, -0.05) is 74.0 Å². The number of hydrogen-bond acceptors (Lipinski definition) is 6. The number of H-pyrrole nitrogens is 1. The highest BCUT2D eigenvalue weighted by Gasteiger charge is 2.19. The van der Waals surface area contributed by atoms with Gasteiger partial charge in [-0.2, -0.15) is 4.68 Å². The number of unbranched alkanes of at least 4 members (excludes halogenated alkanes) is 1. The van der Waals surface area contributed by atoms with Gasteiger partial charge in [0.1, 0.15) is 12.2 Å². The minimum absolute atomic E-state index is 0.369. The second kappa shape index (κ2) is 10.3. The number of aromatic nitrogens is 8. The molecule has 39 heavy (non-hydrogen) atoms. The summed E-state index contributed by atoms with van der Waals surface area (Å²) in [6.45, 7) is 2.56. The Hall–Kier alpha value is -5.12. The van der Waals surface area contributed by atoms with Crippen LogP contribution in [-0.4, -0.2) is 39.3 Å². The topological polar surface area (TPSA) is 116 Å². The Kier molecular flexibility index (Phi) is 6.42. The molecular formula is C29H26N8O2. The third kappa shape index (κ3) is 4.56. The maximum Gasteiger partial charge on any atom is 0.334 e. The van der Waals surface area contributed by atoms with Crippen LogP contribution in [0.25, 0.3) is 33.7 Å². The van der Waals surface area contributed by atoms with Crippen LogP contribution in [0.3, 0.4) is 0 Å². The van der Waals surface area contributed by atoms with Gasteiger partial charge in [0.05, 0.1) is 11.4 Å². The molecule has 0 aliphatic rings. The summed E-state index contributed by atoms with van der Waals surface area (Å²) < 4.78 is 5.05. The Morgan fingerprint density at radius 3 is 2.41 bits per heavy atom. The van der Waals surface area contributed by atoms with E-state index < -0.39 is 11.2 Å². The van der Waals surface area contributed by atoms with Gasteiger partial charge < -0.3 is 4.57 Å². The average molecular weight is 519 g/mol. The van der Waals surface area contributed by atoms with Gasteiger partial charge in [0.15, 0.2) is 11.2 Å². The predicted octanol–water partition coefficient (Wildman–Crippen LogP) is 3.91. The van der Waals surface area contributed by atoms with Crippen LogP contribution in [0, 0.1) is 0 Å². The number of nitrogens with one attached hydrogen (secondary N) is 1. The number of fused-ring (bicyclic) bond motifs is 1. The van der Waals surface area contributed by atoms with E-state index in [2.05, 4.69) is 27.4 Å². The van der Waals surface area contributed by atoms with Gasteiger partial charge in [0.2, 0.25) is 0 Å². The number of hydrogen-bond donors (Lipinski definition) is 1. The van der Waals surface area contributed by atoms with Crippen molar-refractivity contribution in [3.63, 3.8) is 0 Å². The summed E-state index contributed by atoms with van der Waals surface area (Å²) in [4.78, 5) is 33.3. The first-order valence-corrected chi connectivity index (χ1v) is 12.9. The van der Waals surface area contributed by atoms with E-state index in [-0.39, 0.29) is 0 Å². The molecule has 0 spiro atoms. The van der Waals surface area contributed by atoms with Crippen LogP contribution < -0.4 is 11.2 Å². The van der Waals surface area contributed by atoms with Crippen LogP contribution >= 0.6 is 0 Å². The normalized spacial score (nSPS) is 11.3. The first kappa shape index (κ1) is 24.2. The SMILES string of the molecule is CCCCc1nc2c(c(=O)[nH]c(=O)n2-c2ccccc2)n1Cc1ccc(-c2ccccc2-n2cnnn2)cc1. The molecule has 0 amide bonds. The van der Waals surface area contributed by atoms with Gasteiger partial charge in [-0.15, -0.1) is 5.10 Å². The van der Waals surface area contributed by atoms with Crippen molar-refractivity contribution in [1.82, 2.24) is 39.3 Å². The van der Waals surface area contributed by atoms with E-state index in [4.69, 9.17) is 4.98 Å². The number of para-hydroxylation sites is 2. The van der Waals surface area contributed by atoms with E-state index in [1.165, 1.54) is 4.57 Å². The maximum atomic E-state index is 13.1. The summed E-state index contributed by atoms with van der Waals surface area (Å²) in [5, 5.41) is 11.5. The van der Waals surface area contributed by atoms with Crippen LogP contribution in [-0.2, 0) is 13.0 Å². The van der Waals surface area contributed by atoms with Gasteiger partial charge in [0, 0.05) is 18.5 Å². The third-order valence-corrected chi connectivity index (χ3v) is 6.75. The third-order valence-electron chi connectivity index (χ3n) is 6.75. The molecule has 10 nitrogen and oxygen atoms in total. The quantitative estimate of drug-likeness (QED) is 0.327. The highest BCUT2D eigenvalue weighted by Crippen LogP contribution is 2.27. The summed E-state index contributed by atoms with van der Waals surface area (Å²) in [6, 6.07) is 25.4. The average Bonchev–Trinajstić information content (AvgIpc) is 3.62. The van der Waals surface area contributed by atoms with Gasteiger partial charge in [-0.3, -0.25) is 9.78 Å². The van der Waals surface area contributed by atoms with Gasteiger partial charge >= 0.3 is 5.69 Å². The molecule has 0 fully saturated rings. The van der Waals surface area contributed by atoms with Crippen LogP contribution in [0.15, 0.2) is 94.8 Å². The Balaban J connectivity index is 1.42. The molecule has 194 valence electrons. The number of aromatic amines is 1. The van der Waals surface area contributed by atoms with Crippen molar-refractivity contribution in [2.24, 2.45) is 0 Å². The maximum absolute atomic E-state index is 13.1. The van der Waals surface area contributed by atoms with Crippen molar-refractivity contribution in [3.8, 4) is 22.5 Å². The molecule has 3 heterocycles. The molecule has 0 atom stereocenters. The lowest BCUT2D eigenvalue weighted by Gasteiger charge is -2.12. The molecule has 0 aliphatic carbocycles. The lowest BCUT2D eigenvalue weighted by molar-refractivity contribution is 0.688. The van der Waals surface area contributed by atoms with E-state index in [1.54, 1.807) is 11.0 Å². The van der Waals surface area contributed by atoms with Crippen LogP contribution in [0.2, 0.25) is 0 Å². The van der Waals surface area contributed by atoms with Crippen molar-refractivity contribution in [2.45, 2.75) is 32.7 Å². The van der Waals surface area contributed by atoms with E-state index in [0.717, 1.165) is 41.0 Å². The summed E-state index contributed by atoms with van der Waals surface area (Å²) in [5.74, 6) is 0.778. The van der Waals surface area contributed by atoms with E-state index in [9.17, 15) is 9.59 Å². The fraction of sp³-hybridized carbons (Fsp3) is 0.172. The molecule has 6 rings (SSSR count). The fourth-order valence-electron chi connectivity index (χ4n) is 4.85. The van der Waals surface area contributed by atoms with Crippen molar-refractivity contribution in [1.29, 1.82) is 0 Å². The number of aryl methyl sites for hydroxylation is 1. The zero-order valence-corrected chi connectivity index (χ0v) is 21.4. The number of nitrogens with zero attached hydrogens (tertiary/aromatic N) is 7. The Labute approximate surface area is 223 Å². The Morgan fingerprint density at radius 2 is 1.67 bits per heavy atom. The molecule has 0 radical (unpaired) electrons. The zero-order valence-electron chi connectivity index (χ0n) is 21.4. The number of imidazole rings is 1. The minimum atomic E-state index is -0.504. The predicted molar refractivity (Wildman–Crippen MR) is 148 cm³/mol. The van der Waals surface area contributed by atoms with Gasteiger partial charge in [-0.25, -0.2) is 14.3 Å². The summed E-state index contributed by atoms with van der Waals surface area (Å²) >= 11 is 0. The Morgan fingerprint density at radius 1 is 0.897 bits per heavy atom. The molecule has 0 saturated carbocycles. The lowest BCUT2D eigenvalue weighted by atomic mass is 10.0. The van der Waals surface area contributed by atoms with Crippen LogP contribution in [0.5, 0.6) is 0 Å². The van der Waals surface area contributed by atoms with Gasteiger partial charge in [-0.05, 0) is 46.2 Å². The molecule has 3 aromatic carbocycles. The summed E-state index contributed by atoms with van der Waals surface area (Å²) in [5.41, 5.74) is 4.36. The molecule has 1 N–H and O–H groups in total. The molecule has 0 saturated heterocycles. The molecule has 0 unspecified atom stereocenters. The Bertz CT molecular complexity index is 1850. The second-order valence-electron chi connectivity index (χ2n) is 9.29. The molecule has 6 aromatic rings. The van der Waals surface area contributed by atoms with Gasteiger partial charge in [0.25, 0.3) is 5.56 Å². The lowest BCUT2D eigenvalue weighted by Crippen LogP contribution is -2.30. The van der Waals surface area contributed by atoms with Crippen molar-refractivity contribution in [3.05, 3.63) is 117 Å². The van der Waals surface area contributed by atoms with Crippen molar-refractivity contribution < 1.29 is 0 Å².